The molecule has 1 nitrogen and oxygen atoms in total. The number of para-hydroxylation sites is 1. The van der Waals surface area contributed by atoms with E-state index < -0.39 is 0 Å². The molecule has 0 spiro atoms. The second kappa shape index (κ2) is 4.04. The van der Waals surface area contributed by atoms with E-state index in [-0.39, 0.29) is 5.41 Å². The fourth-order valence-corrected chi connectivity index (χ4v) is 1.63. The standard InChI is InChI=1S/C13H21N/c1-6-13(2,3)11-9-7-8-10-12(11)14(4)5/h7-10H,6H2,1-5H3. The molecule has 1 aromatic rings. The molecule has 1 rings (SSSR count). The summed E-state index contributed by atoms with van der Waals surface area (Å²) in [5, 5.41) is 0. The first-order valence-corrected chi connectivity index (χ1v) is 5.26. The summed E-state index contributed by atoms with van der Waals surface area (Å²) in [7, 11) is 4.20. The Morgan fingerprint density at radius 2 is 1.71 bits per heavy atom. The van der Waals surface area contributed by atoms with Crippen molar-refractivity contribution in [3.05, 3.63) is 29.8 Å². The number of anilines is 1. The number of hydrogen-bond donors (Lipinski definition) is 0. The van der Waals surface area contributed by atoms with Gasteiger partial charge in [0.2, 0.25) is 0 Å². The van der Waals surface area contributed by atoms with Crippen LogP contribution in [-0.2, 0) is 5.41 Å². The molecule has 0 bridgehead atoms. The predicted octanol–water partition coefficient (Wildman–Crippen LogP) is 3.44. The van der Waals surface area contributed by atoms with E-state index in [2.05, 4.69) is 64.0 Å². The van der Waals surface area contributed by atoms with Crippen molar-refractivity contribution < 1.29 is 0 Å². The van der Waals surface area contributed by atoms with Gasteiger partial charge < -0.3 is 4.90 Å². The van der Waals surface area contributed by atoms with Crippen molar-refractivity contribution in [2.24, 2.45) is 0 Å². The molecule has 0 N–H and O–H groups in total. The highest BCUT2D eigenvalue weighted by molar-refractivity contribution is 5.55. The summed E-state index contributed by atoms with van der Waals surface area (Å²) in [6.07, 6.45) is 1.16. The molecular weight excluding hydrogens is 170 g/mol. The number of nitrogens with zero attached hydrogens (tertiary/aromatic N) is 1. The lowest BCUT2D eigenvalue weighted by molar-refractivity contribution is 0.506. The van der Waals surface area contributed by atoms with Gasteiger partial charge in [0.15, 0.2) is 0 Å². The van der Waals surface area contributed by atoms with Crippen molar-refractivity contribution in [3.63, 3.8) is 0 Å². The molecule has 0 saturated heterocycles. The fourth-order valence-electron chi connectivity index (χ4n) is 1.63. The highest BCUT2D eigenvalue weighted by Crippen LogP contribution is 2.33. The summed E-state index contributed by atoms with van der Waals surface area (Å²) >= 11 is 0. The lowest BCUT2D eigenvalue weighted by Gasteiger charge is -2.29. The van der Waals surface area contributed by atoms with Crippen molar-refractivity contribution >= 4 is 5.69 Å². The monoisotopic (exact) mass is 191 g/mol. The molecule has 0 unspecified atom stereocenters. The lowest BCUT2D eigenvalue weighted by atomic mass is 9.81. The van der Waals surface area contributed by atoms with Gasteiger partial charge in [-0.2, -0.15) is 0 Å². The SMILES string of the molecule is CCC(C)(C)c1ccccc1N(C)C. The molecule has 0 fully saturated rings. The van der Waals surface area contributed by atoms with E-state index in [1.54, 1.807) is 0 Å². The Hall–Kier alpha value is -0.980. The molecule has 0 aliphatic rings. The maximum absolute atomic E-state index is 2.30. The lowest BCUT2D eigenvalue weighted by Crippen LogP contribution is -2.21. The van der Waals surface area contributed by atoms with Crippen LogP contribution in [0.2, 0.25) is 0 Å². The molecule has 1 aromatic carbocycles. The quantitative estimate of drug-likeness (QED) is 0.707. The third-order valence-corrected chi connectivity index (χ3v) is 3.00. The molecule has 0 aromatic heterocycles. The van der Waals surface area contributed by atoms with E-state index in [0.29, 0.717) is 0 Å². The van der Waals surface area contributed by atoms with Crippen molar-refractivity contribution in [3.8, 4) is 0 Å². The van der Waals surface area contributed by atoms with Crippen LogP contribution in [0.15, 0.2) is 24.3 Å². The van der Waals surface area contributed by atoms with Crippen LogP contribution in [0.4, 0.5) is 5.69 Å². The van der Waals surface area contributed by atoms with E-state index in [1.807, 2.05) is 0 Å². The van der Waals surface area contributed by atoms with Gasteiger partial charge in [-0.05, 0) is 23.5 Å². The van der Waals surface area contributed by atoms with E-state index in [4.69, 9.17) is 0 Å². The van der Waals surface area contributed by atoms with Crippen molar-refractivity contribution in [2.75, 3.05) is 19.0 Å². The Balaban J connectivity index is 3.20. The van der Waals surface area contributed by atoms with Crippen LogP contribution in [0.25, 0.3) is 0 Å². The summed E-state index contributed by atoms with van der Waals surface area (Å²) in [5.74, 6) is 0. The van der Waals surface area contributed by atoms with Crippen LogP contribution in [0.5, 0.6) is 0 Å². The molecule has 14 heavy (non-hydrogen) atoms. The van der Waals surface area contributed by atoms with E-state index in [1.165, 1.54) is 11.3 Å². The molecule has 1 heteroatoms. The molecule has 0 saturated carbocycles. The normalized spacial score (nSPS) is 11.5. The summed E-state index contributed by atoms with van der Waals surface area (Å²) in [6, 6.07) is 8.65. The third kappa shape index (κ3) is 2.09. The first kappa shape index (κ1) is 11.1. The van der Waals surface area contributed by atoms with Crippen LogP contribution in [0, 0.1) is 0 Å². The van der Waals surface area contributed by atoms with Gasteiger partial charge in [-0.3, -0.25) is 0 Å². The summed E-state index contributed by atoms with van der Waals surface area (Å²) < 4.78 is 0. The second-order valence-electron chi connectivity index (χ2n) is 4.65. The smallest absolute Gasteiger partial charge is 0.0399 e. The van der Waals surface area contributed by atoms with Gasteiger partial charge in [0, 0.05) is 19.8 Å². The Bertz CT molecular complexity index is 300. The topological polar surface area (TPSA) is 3.24 Å². The maximum Gasteiger partial charge on any atom is 0.0399 e. The fraction of sp³-hybridized carbons (Fsp3) is 0.538. The first-order valence-electron chi connectivity index (χ1n) is 5.26. The summed E-state index contributed by atoms with van der Waals surface area (Å²) in [4.78, 5) is 2.19. The molecule has 0 aliphatic heterocycles. The molecule has 0 heterocycles. The minimum atomic E-state index is 0.265. The van der Waals surface area contributed by atoms with Gasteiger partial charge >= 0.3 is 0 Å². The van der Waals surface area contributed by atoms with Crippen LogP contribution >= 0.6 is 0 Å². The summed E-state index contributed by atoms with van der Waals surface area (Å²) in [5.41, 5.74) is 3.03. The average molecular weight is 191 g/mol. The highest BCUT2D eigenvalue weighted by Gasteiger charge is 2.21. The van der Waals surface area contributed by atoms with Crippen LogP contribution in [0.3, 0.4) is 0 Å². The zero-order valence-corrected chi connectivity index (χ0v) is 9.96. The number of rotatable bonds is 3. The second-order valence-corrected chi connectivity index (χ2v) is 4.65. The Morgan fingerprint density at radius 1 is 1.14 bits per heavy atom. The van der Waals surface area contributed by atoms with Crippen LogP contribution in [0.1, 0.15) is 32.8 Å². The third-order valence-electron chi connectivity index (χ3n) is 3.00. The van der Waals surface area contributed by atoms with Crippen LogP contribution in [-0.4, -0.2) is 14.1 Å². The van der Waals surface area contributed by atoms with E-state index in [0.717, 1.165) is 6.42 Å². The maximum atomic E-state index is 2.30. The van der Waals surface area contributed by atoms with Gasteiger partial charge in [-0.15, -0.1) is 0 Å². The van der Waals surface area contributed by atoms with Gasteiger partial charge in [-0.25, -0.2) is 0 Å². The zero-order valence-electron chi connectivity index (χ0n) is 9.96. The Morgan fingerprint density at radius 3 is 2.21 bits per heavy atom. The molecular formula is C13H21N. The van der Waals surface area contributed by atoms with E-state index >= 15 is 0 Å². The van der Waals surface area contributed by atoms with Crippen LogP contribution < -0.4 is 4.90 Å². The molecule has 0 aliphatic carbocycles. The Labute approximate surface area is 87.7 Å². The minimum absolute atomic E-state index is 0.265. The Kier molecular flexibility index (Phi) is 3.20. The largest absolute Gasteiger partial charge is 0.377 e. The minimum Gasteiger partial charge on any atom is -0.377 e. The van der Waals surface area contributed by atoms with Crippen molar-refractivity contribution in [1.82, 2.24) is 0 Å². The first-order chi connectivity index (χ1) is 6.49. The predicted molar refractivity (Wildman–Crippen MR) is 64.1 cm³/mol. The highest BCUT2D eigenvalue weighted by atomic mass is 15.1. The number of benzene rings is 1. The van der Waals surface area contributed by atoms with Gasteiger partial charge in [0.1, 0.15) is 0 Å². The van der Waals surface area contributed by atoms with Crippen molar-refractivity contribution in [2.45, 2.75) is 32.6 Å². The van der Waals surface area contributed by atoms with E-state index in [9.17, 15) is 0 Å². The molecule has 0 radical (unpaired) electrons. The molecule has 0 amide bonds. The van der Waals surface area contributed by atoms with Gasteiger partial charge in [-0.1, -0.05) is 39.0 Å². The molecule has 0 atom stereocenters. The zero-order chi connectivity index (χ0) is 10.8. The van der Waals surface area contributed by atoms with Crippen molar-refractivity contribution in [1.29, 1.82) is 0 Å². The number of hydrogen-bond acceptors (Lipinski definition) is 1. The average Bonchev–Trinajstić information content (AvgIpc) is 2.18. The summed E-state index contributed by atoms with van der Waals surface area (Å²) in [6.45, 7) is 6.84. The van der Waals surface area contributed by atoms with Gasteiger partial charge in [0.25, 0.3) is 0 Å². The molecule has 78 valence electrons. The van der Waals surface area contributed by atoms with Gasteiger partial charge in [0.05, 0.1) is 0 Å².